The third kappa shape index (κ3) is 4.17. The predicted molar refractivity (Wildman–Crippen MR) is 114 cm³/mol. The second-order valence-corrected chi connectivity index (χ2v) is 7.31. The van der Waals surface area contributed by atoms with Crippen LogP contribution >= 0.6 is 0 Å². The minimum atomic E-state index is -0.367. The summed E-state index contributed by atoms with van der Waals surface area (Å²) in [6.07, 6.45) is 1.43. The van der Waals surface area contributed by atoms with Crippen molar-refractivity contribution in [2.45, 2.75) is 5.92 Å². The van der Waals surface area contributed by atoms with Crippen molar-refractivity contribution in [3.63, 3.8) is 0 Å². The number of benzene rings is 2. The average molecular weight is 401 g/mol. The number of aromatic nitrogens is 1. The van der Waals surface area contributed by atoms with Gasteiger partial charge in [-0.2, -0.15) is 0 Å². The van der Waals surface area contributed by atoms with E-state index in [0.29, 0.717) is 31.7 Å². The van der Waals surface area contributed by atoms with Gasteiger partial charge in [0.2, 0.25) is 11.5 Å². The highest BCUT2D eigenvalue weighted by atomic mass is 16.2. The Morgan fingerprint density at radius 2 is 1.27 bits per heavy atom. The molecule has 0 unspecified atom stereocenters. The predicted octanol–water partition coefficient (Wildman–Crippen LogP) is 2.49. The lowest BCUT2D eigenvalue weighted by Crippen LogP contribution is -2.51. The Kier molecular flexibility index (Phi) is 5.75. The summed E-state index contributed by atoms with van der Waals surface area (Å²) in [5.41, 5.74) is 2.12. The van der Waals surface area contributed by atoms with E-state index < -0.39 is 0 Å². The van der Waals surface area contributed by atoms with Gasteiger partial charge in [-0.15, -0.1) is 0 Å². The summed E-state index contributed by atoms with van der Waals surface area (Å²) in [6, 6.07) is 22.4. The molecule has 1 saturated heterocycles. The molecule has 0 saturated carbocycles. The number of aromatic amines is 1. The van der Waals surface area contributed by atoms with Crippen LogP contribution in [0.5, 0.6) is 0 Å². The van der Waals surface area contributed by atoms with Crippen LogP contribution in [-0.4, -0.2) is 52.8 Å². The molecule has 3 aromatic rings. The SMILES string of the molecule is O=C(c1ccc(=O)[nH]c1)N1CCN(C(=O)C(c2ccccc2)c2ccccc2)CC1. The highest BCUT2D eigenvalue weighted by Gasteiger charge is 2.31. The number of hydrogen-bond acceptors (Lipinski definition) is 3. The lowest BCUT2D eigenvalue weighted by Gasteiger charge is -2.36. The Balaban J connectivity index is 1.49. The molecule has 2 heterocycles. The van der Waals surface area contributed by atoms with E-state index in [1.807, 2.05) is 65.6 Å². The van der Waals surface area contributed by atoms with Crippen LogP contribution in [0.3, 0.4) is 0 Å². The minimum absolute atomic E-state index is 0.0449. The van der Waals surface area contributed by atoms with Crippen molar-refractivity contribution in [1.82, 2.24) is 14.8 Å². The first-order chi connectivity index (χ1) is 14.6. The Hall–Kier alpha value is -3.67. The number of H-pyrrole nitrogens is 1. The smallest absolute Gasteiger partial charge is 0.255 e. The van der Waals surface area contributed by atoms with Crippen molar-refractivity contribution < 1.29 is 9.59 Å². The zero-order chi connectivity index (χ0) is 20.9. The van der Waals surface area contributed by atoms with Gasteiger partial charge in [0, 0.05) is 38.4 Å². The lowest BCUT2D eigenvalue weighted by atomic mass is 9.90. The maximum atomic E-state index is 13.5. The molecule has 6 nitrogen and oxygen atoms in total. The molecule has 0 spiro atoms. The maximum absolute atomic E-state index is 13.5. The number of nitrogens with zero attached hydrogens (tertiary/aromatic N) is 2. The summed E-state index contributed by atoms with van der Waals surface area (Å²) in [5.74, 6) is -0.460. The zero-order valence-corrected chi connectivity index (χ0v) is 16.5. The number of carbonyl (C=O) groups is 2. The number of amides is 2. The van der Waals surface area contributed by atoms with Gasteiger partial charge in [0.25, 0.3) is 5.91 Å². The first-order valence-corrected chi connectivity index (χ1v) is 10.00. The molecule has 2 aromatic carbocycles. The molecule has 2 amide bonds. The molecule has 1 aliphatic rings. The number of piperazine rings is 1. The molecular weight excluding hydrogens is 378 g/mol. The van der Waals surface area contributed by atoms with Gasteiger partial charge in [-0.3, -0.25) is 14.4 Å². The minimum Gasteiger partial charge on any atom is -0.338 e. The molecule has 6 heteroatoms. The van der Waals surface area contributed by atoms with Crippen molar-refractivity contribution >= 4 is 11.8 Å². The first kappa shape index (κ1) is 19.6. The molecule has 1 aliphatic heterocycles. The molecule has 1 fully saturated rings. The second kappa shape index (κ2) is 8.78. The standard InChI is InChI=1S/C24H23N3O3/c28-21-12-11-20(17-25-21)23(29)26-13-15-27(16-14-26)24(30)22(18-7-3-1-4-8-18)19-9-5-2-6-10-19/h1-12,17,22H,13-16H2,(H,25,28). The molecule has 0 atom stereocenters. The van der Waals surface area contributed by atoms with Crippen molar-refractivity contribution in [2.75, 3.05) is 26.2 Å². The molecule has 0 bridgehead atoms. The third-order valence-electron chi connectivity index (χ3n) is 5.42. The molecule has 4 rings (SSSR count). The van der Waals surface area contributed by atoms with Gasteiger partial charge in [0.1, 0.15) is 0 Å². The number of nitrogens with one attached hydrogen (secondary N) is 1. The summed E-state index contributed by atoms with van der Waals surface area (Å²) in [5, 5.41) is 0. The van der Waals surface area contributed by atoms with E-state index in [-0.39, 0.29) is 23.3 Å². The van der Waals surface area contributed by atoms with E-state index in [0.717, 1.165) is 11.1 Å². The molecular formula is C24H23N3O3. The summed E-state index contributed by atoms with van der Waals surface area (Å²) in [6.45, 7) is 1.87. The highest BCUT2D eigenvalue weighted by Crippen LogP contribution is 2.27. The van der Waals surface area contributed by atoms with Crippen LogP contribution in [0.2, 0.25) is 0 Å². The molecule has 1 aromatic heterocycles. The van der Waals surface area contributed by atoms with Gasteiger partial charge in [0.05, 0.1) is 11.5 Å². The maximum Gasteiger partial charge on any atom is 0.255 e. The van der Waals surface area contributed by atoms with E-state index in [4.69, 9.17) is 0 Å². The van der Waals surface area contributed by atoms with E-state index >= 15 is 0 Å². The second-order valence-electron chi connectivity index (χ2n) is 7.31. The fraction of sp³-hybridized carbons (Fsp3) is 0.208. The summed E-state index contributed by atoms with van der Waals surface area (Å²) in [4.78, 5) is 43.4. The Bertz CT molecular complexity index is 1010. The fourth-order valence-corrected chi connectivity index (χ4v) is 3.81. The number of rotatable bonds is 4. The van der Waals surface area contributed by atoms with Crippen LogP contribution in [0.4, 0.5) is 0 Å². The fourth-order valence-electron chi connectivity index (χ4n) is 3.81. The van der Waals surface area contributed by atoms with Gasteiger partial charge in [-0.05, 0) is 17.2 Å². The van der Waals surface area contributed by atoms with Crippen LogP contribution in [0.1, 0.15) is 27.4 Å². The van der Waals surface area contributed by atoms with E-state index in [1.54, 1.807) is 4.90 Å². The Morgan fingerprint density at radius 3 is 1.77 bits per heavy atom. The summed E-state index contributed by atoms with van der Waals surface area (Å²) in [7, 11) is 0. The summed E-state index contributed by atoms with van der Waals surface area (Å²) < 4.78 is 0. The average Bonchev–Trinajstić information content (AvgIpc) is 2.81. The number of carbonyl (C=O) groups excluding carboxylic acids is 2. The van der Waals surface area contributed by atoms with Crippen molar-refractivity contribution in [3.8, 4) is 0 Å². The topological polar surface area (TPSA) is 73.5 Å². The Labute approximate surface area is 174 Å². The van der Waals surface area contributed by atoms with Crippen LogP contribution in [-0.2, 0) is 4.79 Å². The lowest BCUT2D eigenvalue weighted by molar-refractivity contribution is -0.133. The largest absolute Gasteiger partial charge is 0.338 e. The molecule has 0 radical (unpaired) electrons. The van der Waals surface area contributed by atoms with Gasteiger partial charge in [-0.25, -0.2) is 0 Å². The highest BCUT2D eigenvalue weighted by molar-refractivity contribution is 5.94. The molecule has 30 heavy (non-hydrogen) atoms. The van der Waals surface area contributed by atoms with Gasteiger partial charge < -0.3 is 14.8 Å². The summed E-state index contributed by atoms with van der Waals surface area (Å²) >= 11 is 0. The van der Waals surface area contributed by atoms with E-state index in [9.17, 15) is 14.4 Å². The number of pyridine rings is 1. The van der Waals surface area contributed by atoms with Crippen LogP contribution in [0.25, 0.3) is 0 Å². The van der Waals surface area contributed by atoms with Gasteiger partial charge in [0.15, 0.2) is 0 Å². The first-order valence-electron chi connectivity index (χ1n) is 10.00. The van der Waals surface area contributed by atoms with Crippen LogP contribution in [0, 0.1) is 0 Å². The van der Waals surface area contributed by atoms with Crippen molar-refractivity contribution in [2.24, 2.45) is 0 Å². The van der Waals surface area contributed by atoms with Crippen molar-refractivity contribution in [3.05, 3.63) is 106 Å². The monoisotopic (exact) mass is 401 g/mol. The normalized spacial score (nSPS) is 14.0. The van der Waals surface area contributed by atoms with Crippen LogP contribution < -0.4 is 5.56 Å². The van der Waals surface area contributed by atoms with E-state index in [1.165, 1.54) is 18.3 Å². The Morgan fingerprint density at radius 1 is 0.733 bits per heavy atom. The molecule has 152 valence electrons. The quantitative estimate of drug-likeness (QED) is 0.730. The molecule has 1 N–H and O–H groups in total. The van der Waals surface area contributed by atoms with E-state index in [2.05, 4.69) is 4.98 Å². The van der Waals surface area contributed by atoms with Gasteiger partial charge in [-0.1, -0.05) is 60.7 Å². The zero-order valence-electron chi connectivity index (χ0n) is 16.5. The third-order valence-corrected chi connectivity index (χ3v) is 5.42. The van der Waals surface area contributed by atoms with Gasteiger partial charge >= 0.3 is 0 Å². The van der Waals surface area contributed by atoms with Crippen molar-refractivity contribution in [1.29, 1.82) is 0 Å². The number of hydrogen-bond donors (Lipinski definition) is 1. The molecule has 0 aliphatic carbocycles. The van der Waals surface area contributed by atoms with Crippen LogP contribution in [0.15, 0.2) is 83.8 Å².